The molecular weight excluding hydrogens is 352 g/mol. The number of nitrogens with zero attached hydrogens (tertiary/aromatic N) is 6. The van der Waals surface area contributed by atoms with Crippen LogP contribution in [-0.2, 0) is 5.54 Å². The third-order valence-electron chi connectivity index (χ3n) is 4.65. The maximum absolute atomic E-state index is 11.9. The van der Waals surface area contributed by atoms with Crippen LogP contribution in [0.5, 0.6) is 0 Å². The summed E-state index contributed by atoms with van der Waals surface area (Å²) in [5, 5.41) is 25.8. The Kier molecular flexibility index (Phi) is 4.89. The van der Waals surface area contributed by atoms with Gasteiger partial charge in [-0.3, -0.25) is 14.5 Å². The van der Waals surface area contributed by atoms with Crippen molar-refractivity contribution in [1.82, 2.24) is 24.6 Å². The van der Waals surface area contributed by atoms with E-state index < -0.39 is 17.5 Å². The predicted octanol–water partition coefficient (Wildman–Crippen LogP) is 0.898. The largest absolute Gasteiger partial charge is 0.465 e. The van der Waals surface area contributed by atoms with Crippen LogP contribution in [0.25, 0.3) is 0 Å². The number of nitrogens with two attached hydrogens (primary N) is 1. The molecule has 2 aromatic rings. The Morgan fingerprint density at radius 1 is 1.37 bits per heavy atom. The van der Waals surface area contributed by atoms with E-state index in [9.17, 15) is 14.9 Å². The highest BCUT2D eigenvalue weighted by atomic mass is 16.4. The van der Waals surface area contributed by atoms with Gasteiger partial charge in [-0.25, -0.2) is 9.78 Å². The fourth-order valence-electron chi connectivity index (χ4n) is 3.12. The van der Waals surface area contributed by atoms with E-state index in [4.69, 9.17) is 10.8 Å². The molecule has 1 fully saturated rings. The molecule has 4 N–H and O–H groups in total. The number of likely N-dealkylation sites (tertiary alicyclic amines) is 1. The van der Waals surface area contributed by atoms with Crippen molar-refractivity contribution in [3.8, 4) is 6.07 Å². The molecule has 11 heteroatoms. The van der Waals surface area contributed by atoms with Crippen LogP contribution < -0.4 is 11.1 Å². The molecule has 0 atom stereocenters. The van der Waals surface area contributed by atoms with Crippen LogP contribution in [0, 0.1) is 11.3 Å². The van der Waals surface area contributed by atoms with Gasteiger partial charge in [-0.05, 0) is 12.8 Å². The fourth-order valence-corrected chi connectivity index (χ4v) is 3.12. The van der Waals surface area contributed by atoms with E-state index in [1.165, 1.54) is 29.7 Å². The van der Waals surface area contributed by atoms with Crippen molar-refractivity contribution < 1.29 is 14.7 Å². The van der Waals surface area contributed by atoms with E-state index in [1.807, 2.05) is 0 Å². The van der Waals surface area contributed by atoms with E-state index >= 15 is 0 Å². The molecule has 2 aromatic heterocycles. The number of nitriles is 1. The minimum atomic E-state index is -0.996. The molecule has 0 aromatic carbocycles. The number of primary amides is 1. The summed E-state index contributed by atoms with van der Waals surface area (Å²) in [7, 11) is 0. The monoisotopic (exact) mass is 370 g/mol. The summed E-state index contributed by atoms with van der Waals surface area (Å²) in [4.78, 5) is 32.3. The first kappa shape index (κ1) is 18.1. The van der Waals surface area contributed by atoms with Gasteiger partial charge in [0.25, 0.3) is 5.91 Å². The zero-order valence-corrected chi connectivity index (χ0v) is 14.4. The number of piperidine rings is 1. The van der Waals surface area contributed by atoms with Gasteiger partial charge in [0.15, 0.2) is 5.82 Å². The van der Waals surface area contributed by atoms with Gasteiger partial charge in [-0.15, -0.1) is 0 Å². The van der Waals surface area contributed by atoms with Gasteiger partial charge >= 0.3 is 6.09 Å². The first-order valence-corrected chi connectivity index (χ1v) is 8.23. The molecule has 0 radical (unpaired) electrons. The third kappa shape index (κ3) is 3.64. The van der Waals surface area contributed by atoms with Gasteiger partial charge in [0.2, 0.25) is 0 Å². The number of aromatic nitrogens is 4. The number of rotatable bonds is 5. The normalized spacial score (nSPS) is 15.7. The molecule has 11 nitrogen and oxygen atoms in total. The van der Waals surface area contributed by atoms with Gasteiger partial charge in [-0.1, -0.05) is 0 Å². The second-order valence-corrected chi connectivity index (χ2v) is 6.24. The van der Waals surface area contributed by atoms with Crippen molar-refractivity contribution in [1.29, 1.82) is 5.26 Å². The average Bonchev–Trinajstić information content (AvgIpc) is 3.08. The molecule has 140 valence electrons. The number of hydrogen-bond acceptors (Lipinski definition) is 7. The number of amides is 2. The van der Waals surface area contributed by atoms with E-state index in [-0.39, 0.29) is 30.9 Å². The van der Waals surface area contributed by atoms with E-state index in [0.29, 0.717) is 18.7 Å². The van der Waals surface area contributed by atoms with Crippen LogP contribution >= 0.6 is 0 Å². The highest BCUT2D eigenvalue weighted by molar-refractivity contribution is 5.98. The number of anilines is 2. The summed E-state index contributed by atoms with van der Waals surface area (Å²) in [6.45, 7) is 0.547. The van der Waals surface area contributed by atoms with Gasteiger partial charge < -0.3 is 21.1 Å². The zero-order valence-electron chi connectivity index (χ0n) is 14.4. The lowest BCUT2D eigenvalue weighted by molar-refractivity contribution is 0.0888. The minimum Gasteiger partial charge on any atom is -0.465 e. The van der Waals surface area contributed by atoms with Crippen LogP contribution in [0.4, 0.5) is 16.4 Å². The molecule has 1 saturated heterocycles. The first-order chi connectivity index (χ1) is 12.9. The summed E-state index contributed by atoms with van der Waals surface area (Å²) in [6.07, 6.45) is 5.90. The van der Waals surface area contributed by atoms with E-state index in [0.717, 1.165) is 0 Å². The maximum Gasteiger partial charge on any atom is 0.407 e. The summed E-state index contributed by atoms with van der Waals surface area (Å²) >= 11 is 0. The number of nitrogens with one attached hydrogen (secondary N) is 1. The van der Waals surface area contributed by atoms with E-state index in [1.54, 1.807) is 4.68 Å². The van der Waals surface area contributed by atoms with Gasteiger partial charge in [-0.2, -0.15) is 10.4 Å². The molecule has 3 heterocycles. The average molecular weight is 370 g/mol. The van der Waals surface area contributed by atoms with E-state index in [2.05, 4.69) is 26.5 Å². The highest BCUT2D eigenvalue weighted by Gasteiger charge is 2.39. The lowest BCUT2D eigenvalue weighted by Gasteiger charge is -2.39. The molecule has 0 unspecified atom stereocenters. The minimum absolute atomic E-state index is 0.130. The number of carbonyl (C=O) groups is 2. The number of hydrogen-bond donors (Lipinski definition) is 3. The maximum atomic E-state index is 11.9. The molecule has 2 amide bonds. The fraction of sp³-hybridized carbons (Fsp3) is 0.375. The Morgan fingerprint density at radius 3 is 2.67 bits per heavy atom. The Hall–Kier alpha value is -3.68. The Morgan fingerprint density at radius 2 is 2.11 bits per heavy atom. The molecule has 1 aliphatic rings. The van der Waals surface area contributed by atoms with Crippen molar-refractivity contribution >= 4 is 23.6 Å². The highest BCUT2D eigenvalue weighted by Crippen LogP contribution is 2.34. The van der Waals surface area contributed by atoms with Crippen LogP contribution in [0.15, 0.2) is 24.8 Å². The molecule has 0 saturated carbocycles. The lowest BCUT2D eigenvalue weighted by atomic mass is 9.85. The van der Waals surface area contributed by atoms with Crippen molar-refractivity contribution in [3.05, 3.63) is 30.4 Å². The predicted molar refractivity (Wildman–Crippen MR) is 93.1 cm³/mol. The topological polar surface area (TPSA) is 163 Å². The number of carboxylic acid groups (broad SMARTS) is 1. The summed E-state index contributed by atoms with van der Waals surface area (Å²) in [5.41, 5.74) is 4.91. The summed E-state index contributed by atoms with van der Waals surface area (Å²) < 4.78 is 1.55. The van der Waals surface area contributed by atoms with Crippen molar-refractivity contribution in [3.63, 3.8) is 0 Å². The van der Waals surface area contributed by atoms with Crippen LogP contribution in [-0.4, -0.2) is 54.8 Å². The van der Waals surface area contributed by atoms with Crippen LogP contribution in [0.2, 0.25) is 0 Å². The second-order valence-electron chi connectivity index (χ2n) is 6.24. The first-order valence-electron chi connectivity index (χ1n) is 8.23. The zero-order chi connectivity index (χ0) is 19.4. The number of carbonyl (C=O) groups excluding carboxylic acids is 1. The summed E-state index contributed by atoms with van der Waals surface area (Å²) in [5.74, 6) is -0.0796. The smallest absolute Gasteiger partial charge is 0.407 e. The van der Waals surface area contributed by atoms with Gasteiger partial charge in [0, 0.05) is 31.7 Å². The molecule has 0 spiro atoms. The van der Waals surface area contributed by atoms with Gasteiger partial charge in [0.1, 0.15) is 11.4 Å². The molecule has 1 aliphatic heterocycles. The Bertz CT molecular complexity index is 881. The van der Waals surface area contributed by atoms with Crippen LogP contribution in [0.1, 0.15) is 29.6 Å². The molecule has 0 bridgehead atoms. The Labute approximate surface area is 154 Å². The second kappa shape index (κ2) is 7.28. The SMILES string of the molecule is N#CCC1(n2cc(C(N)=O)c(Nc3cnccn3)n2)CCN(C(=O)O)CC1. The van der Waals surface area contributed by atoms with Crippen molar-refractivity contribution in [2.75, 3.05) is 18.4 Å². The quantitative estimate of drug-likeness (QED) is 0.698. The standard InChI is InChI=1S/C16H18N8O3/c17-4-1-16(2-7-23(8-3-16)15(26)27)24-10-11(13(18)25)14(22-24)21-12-9-19-5-6-20-12/h5-6,9-10H,1-3,7-8H2,(H2,18,25)(H,26,27)(H,20,21,22). The van der Waals surface area contributed by atoms with Crippen molar-refractivity contribution in [2.45, 2.75) is 24.8 Å². The molecular formula is C16H18N8O3. The molecule has 0 aliphatic carbocycles. The Balaban J connectivity index is 1.94. The summed E-state index contributed by atoms with van der Waals surface area (Å²) in [6, 6.07) is 2.14. The van der Waals surface area contributed by atoms with Crippen molar-refractivity contribution in [2.24, 2.45) is 5.73 Å². The molecule has 27 heavy (non-hydrogen) atoms. The van der Waals surface area contributed by atoms with Gasteiger partial charge in [0.05, 0.1) is 24.2 Å². The lowest BCUT2D eigenvalue weighted by Crippen LogP contribution is -2.47. The molecule has 3 rings (SSSR count). The third-order valence-corrected chi connectivity index (χ3v) is 4.65. The van der Waals surface area contributed by atoms with Crippen LogP contribution in [0.3, 0.4) is 0 Å².